The van der Waals surface area contributed by atoms with Crippen LogP contribution in [0.3, 0.4) is 0 Å². The van der Waals surface area contributed by atoms with Crippen LogP contribution in [-0.2, 0) is 0 Å². The molecular formula is C10H15N3O. The third kappa shape index (κ3) is 1.78. The van der Waals surface area contributed by atoms with E-state index in [1.54, 1.807) is 12.3 Å². The zero-order chi connectivity index (χ0) is 9.97. The predicted octanol–water partition coefficient (Wildman–Crippen LogP) is 1.33. The Morgan fingerprint density at radius 2 is 2.50 bits per heavy atom. The molecular weight excluding hydrogens is 178 g/mol. The van der Waals surface area contributed by atoms with Crippen molar-refractivity contribution in [2.75, 3.05) is 0 Å². The first-order valence-corrected chi connectivity index (χ1v) is 5.08. The predicted molar refractivity (Wildman–Crippen MR) is 52.9 cm³/mol. The van der Waals surface area contributed by atoms with E-state index < -0.39 is 0 Å². The minimum Gasteiger partial charge on any atom is -0.348 e. The van der Waals surface area contributed by atoms with Gasteiger partial charge in [-0.25, -0.2) is 0 Å². The van der Waals surface area contributed by atoms with Crippen molar-refractivity contribution < 1.29 is 4.79 Å². The Bertz CT molecular complexity index is 307. The Labute approximate surface area is 83.1 Å². The Morgan fingerprint density at radius 3 is 3.07 bits per heavy atom. The summed E-state index contributed by atoms with van der Waals surface area (Å²) in [5, 5.41) is 9.49. The van der Waals surface area contributed by atoms with Crippen molar-refractivity contribution in [2.24, 2.45) is 5.92 Å². The number of aromatic amines is 1. The molecule has 0 aromatic carbocycles. The van der Waals surface area contributed by atoms with Crippen LogP contribution in [0.1, 0.15) is 36.7 Å². The normalized spacial score (nSPS) is 26.4. The van der Waals surface area contributed by atoms with Crippen molar-refractivity contribution in [3.63, 3.8) is 0 Å². The maximum absolute atomic E-state index is 11.6. The highest BCUT2D eigenvalue weighted by atomic mass is 16.2. The van der Waals surface area contributed by atoms with Gasteiger partial charge in [-0.2, -0.15) is 5.10 Å². The average Bonchev–Trinajstić information content (AvgIpc) is 2.77. The van der Waals surface area contributed by atoms with Gasteiger partial charge in [-0.1, -0.05) is 13.3 Å². The summed E-state index contributed by atoms with van der Waals surface area (Å²) < 4.78 is 0. The number of nitrogens with one attached hydrogen (secondary N) is 2. The molecule has 0 radical (unpaired) electrons. The third-order valence-corrected chi connectivity index (χ3v) is 2.91. The van der Waals surface area contributed by atoms with Gasteiger partial charge in [0.2, 0.25) is 0 Å². The Kier molecular flexibility index (Phi) is 2.52. The molecule has 1 aliphatic rings. The molecule has 0 aliphatic heterocycles. The second-order valence-electron chi connectivity index (χ2n) is 3.95. The van der Waals surface area contributed by atoms with Crippen LogP contribution >= 0.6 is 0 Å². The number of H-pyrrole nitrogens is 1. The van der Waals surface area contributed by atoms with Crippen molar-refractivity contribution in [1.82, 2.24) is 15.5 Å². The van der Waals surface area contributed by atoms with E-state index in [0.717, 1.165) is 6.42 Å². The first-order valence-electron chi connectivity index (χ1n) is 5.08. The zero-order valence-electron chi connectivity index (χ0n) is 8.29. The monoisotopic (exact) mass is 193 g/mol. The van der Waals surface area contributed by atoms with Gasteiger partial charge in [-0.05, 0) is 24.8 Å². The Balaban J connectivity index is 1.95. The van der Waals surface area contributed by atoms with E-state index in [1.807, 2.05) is 0 Å². The summed E-state index contributed by atoms with van der Waals surface area (Å²) in [6.07, 6.45) is 5.18. The van der Waals surface area contributed by atoms with E-state index in [9.17, 15) is 4.79 Å². The quantitative estimate of drug-likeness (QED) is 0.744. The summed E-state index contributed by atoms with van der Waals surface area (Å²) in [5.41, 5.74) is 0.476. The van der Waals surface area contributed by atoms with Gasteiger partial charge in [0.15, 0.2) is 0 Å². The van der Waals surface area contributed by atoms with Crippen LogP contribution < -0.4 is 5.32 Å². The molecule has 2 atom stereocenters. The zero-order valence-corrected chi connectivity index (χ0v) is 8.29. The molecule has 1 heterocycles. The lowest BCUT2D eigenvalue weighted by Crippen LogP contribution is -2.36. The van der Waals surface area contributed by atoms with E-state index in [2.05, 4.69) is 22.4 Å². The topological polar surface area (TPSA) is 57.8 Å². The molecule has 0 saturated heterocycles. The molecule has 1 amide bonds. The number of hydrogen-bond acceptors (Lipinski definition) is 2. The van der Waals surface area contributed by atoms with Crippen molar-refractivity contribution in [2.45, 2.75) is 32.2 Å². The highest BCUT2D eigenvalue weighted by Crippen LogP contribution is 2.24. The van der Waals surface area contributed by atoms with Gasteiger partial charge in [0.1, 0.15) is 5.69 Å². The standard InChI is InChI=1S/C10H15N3O/c1-7-3-2-4-8(7)12-10(14)9-5-6-11-13-9/h5-8H,2-4H2,1H3,(H,11,13)(H,12,14)/t7-,8-/m0/s1. The molecule has 4 heteroatoms. The molecule has 1 aliphatic carbocycles. The lowest BCUT2D eigenvalue weighted by atomic mass is 10.1. The fraction of sp³-hybridized carbons (Fsp3) is 0.600. The molecule has 4 nitrogen and oxygen atoms in total. The number of hydrogen-bond donors (Lipinski definition) is 2. The summed E-state index contributed by atoms with van der Waals surface area (Å²) in [6.45, 7) is 2.18. The Morgan fingerprint density at radius 1 is 1.64 bits per heavy atom. The van der Waals surface area contributed by atoms with E-state index >= 15 is 0 Å². The van der Waals surface area contributed by atoms with Crippen LogP contribution in [0.4, 0.5) is 0 Å². The molecule has 1 saturated carbocycles. The first kappa shape index (κ1) is 9.24. The molecule has 14 heavy (non-hydrogen) atoms. The number of carbonyl (C=O) groups is 1. The van der Waals surface area contributed by atoms with E-state index in [4.69, 9.17) is 0 Å². The second kappa shape index (κ2) is 3.82. The second-order valence-corrected chi connectivity index (χ2v) is 3.95. The van der Waals surface area contributed by atoms with Crippen molar-refractivity contribution >= 4 is 5.91 Å². The first-order chi connectivity index (χ1) is 6.77. The molecule has 2 N–H and O–H groups in total. The summed E-state index contributed by atoms with van der Waals surface area (Å²) in [4.78, 5) is 11.6. The van der Waals surface area contributed by atoms with Crippen molar-refractivity contribution in [1.29, 1.82) is 0 Å². The number of rotatable bonds is 2. The van der Waals surface area contributed by atoms with Crippen LogP contribution in [0.2, 0.25) is 0 Å². The van der Waals surface area contributed by atoms with Gasteiger partial charge in [-0.15, -0.1) is 0 Å². The van der Waals surface area contributed by atoms with Gasteiger partial charge < -0.3 is 5.32 Å². The van der Waals surface area contributed by atoms with Gasteiger partial charge in [0.25, 0.3) is 5.91 Å². The van der Waals surface area contributed by atoms with Crippen molar-refractivity contribution in [3.8, 4) is 0 Å². The summed E-state index contributed by atoms with van der Waals surface area (Å²) in [7, 11) is 0. The fourth-order valence-corrected chi connectivity index (χ4v) is 1.99. The lowest BCUT2D eigenvalue weighted by molar-refractivity contribution is 0.0924. The molecule has 76 valence electrons. The highest BCUT2D eigenvalue weighted by molar-refractivity contribution is 5.92. The molecule has 1 aromatic heterocycles. The average molecular weight is 193 g/mol. The third-order valence-electron chi connectivity index (χ3n) is 2.91. The Hall–Kier alpha value is -1.32. The van der Waals surface area contributed by atoms with Crippen LogP contribution in [0.5, 0.6) is 0 Å². The van der Waals surface area contributed by atoms with E-state index in [1.165, 1.54) is 12.8 Å². The van der Waals surface area contributed by atoms with E-state index in [0.29, 0.717) is 17.7 Å². The maximum atomic E-state index is 11.6. The number of amides is 1. The SMILES string of the molecule is C[C@H]1CCC[C@@H]1NC(=O)c1cc[nH]n1. The summed E-state index contributed by atoms with van der Waals surface area (Å²) >= 11 is 0. The van der Waals surface area contributed by atoms with Crippen molar-refractivity contribution in [3.05, 3.63) is 18.0 Å². The van der Waals surface area contributed by atoms with Gasteiger partial charge in [0, 0.05) is 12.2 Å². The minimum absolute atomic E-state index is 0.0648. The molecule has 0 spiro atoms. The lowest BCUT2D eigenvalue weighted by Gasteiger charge is -2.16. The number of aromatic nitrogens is 2. The maximum Gasteiger partial charge on any atom is 0.271 e. The minimum atomic E-state index is -0.0648. The molecule has 0 bridgehead atoms. The molecule has 2 rings (SSSR count). The van der Waals surface area contributed by atoms with Crippen LogP contribution in [0.25, 0.3) is 0 Å². The molecule has 1 aromatic rings. The van der Waals surface area contributed by atoms with E-state index in [-0.39, 0.29) is 5.91 Å². The van der Waals surface area contributed by atoms with Crippen LogP contribution in [0.15, 0.2) is 12.3 Å². The fourth-order valence-electron chi connectivity index (χ4n) is 1.99. The van der Waals surface area contributed by atoms with Crippen LogP contribution in [0, 0.1) is 5.92 Å². The molecule has 1 fully saturated rings. The summed E-state index contributed by atoms with van der Waals surface area (Å²) in [6, 6.07) is 2.02. The van der Waals surface area contributed by atoms with Gasteiger partial charge >= 0.3 is 0 Å². The van der Waals surface area contributed by atoms with Gasteiger partial charge in [-0.3, -0.25) is 9.89 Å². The highest BCUT2D eigenvalue weighted by Gasteiger charge is 2.25. The van der Waals surface area contributed by atoms with Crippen LogP contribution in [-0.4, -0.2) is 22.1 Å². The van der Waals surface area contributed by atoms with Gasteiger partial charge in [0.05, 0.1) is 0 Å². The number of nitrogens with zero attached hydrogens (tertiary/aromatic N) is 1. The number of carbonyl (C=O) groups excluding carboxylic acids is 1. The largest absolute Gasteiger partial charge is 0.348 e. The molecule has 0 unspecified atom stereocenters. The summed E-state index contributed by atoms with van der Waals surface area (Å²) in [5.74, 6) is 0.530. The smallest absolute Gasteiger partial charge is 0.271 e.